The van der Waals surface area contributed by atoms with Crippen LogP contribution in [-0.2, 0) is 19.5 Å². The van der Waals surface area contributed by atoms with Crippen LogP contribution in [0.5, 0.6) is 0 Å². The van der Waals surface area contributed by atoms with Crippen molar-refractivity contribution in [3.05, 3.63) is 5.92 Å². The fourth-order valence-electron chi connectivity index (χ4n) is 1.90. The molecule has 0 saturated heterocycles. The summed E-state index contributed by atoms with van der Waals surface area (Å²) in [6.07, 6.45) is 7.50. The SMILES string of the molecule is C1CC2CC[C-]1C2.[Rh]. The Hall–Kier alpha value is 0.623. The van der Waals surface area contributed by atoms with Crippen LogP contribution in [0.15, 0.2) is 0 Å². The molecule has 0 nitrogen and oxygen atoms in total. The van der Waals surface area contributed by atoms with Gasteiger partial charge in [-0.05, 0) is 0 Å². The number of hydrogen-bond donors (Lipinski definition) is 0. The van der Waals surface area contributed by atoms with E-state index in [2.05, 4.69) is 0 Å². The van der Waals surface area contributed by atoms with Crippen molar-refractivity contribution in [2.24, 2.45) is 5.92 Å². The van der Waals surface area contributed by atoms with Crippen molar-refractivity contribution in [3.63, 3.8) is 0 Å². The fraction of sp³-hybridized carbons (Fsp3) is 0.857. The summed E-state index contributed by atoms with van der Waals surface area (Å²) in [6, 6.07) is 0. The predicted molar refractivity (Wildman–Crippen MR) is 29.8 cm³/mol. The van der Waals surface area contributed by atoms with Crippen molar-refractivity contribution >= 4 is 0 Å². The molecule has 49 valence electrons. The van der Waals surface area contributed by atoms with Gasteiger partial charge in [-0.25, -0.2) is 0 Å². The Balaban J connectivity index is 0.000000320. The maximum atomic E-state index is 1.87. The zero-order valence-electron chi connectivity index (χ0n) is 4.95. The molecule has 0 spiro atoms. The van der Waals surface area contributed by atoms with Crippen LogP contribution in [0.25, 0.3) is 0 Å². The molecule has 0 aromatic rings. The number of hydrogen-bond acceptors (Lipinski definition) is 0. The smallest absolute Gasteiger partial charge is 0 e. The molecule has 2 bridgehead atoms. The van der Waals surface area contributed by atoms with E-state index in [-0.39, 0.29) is 19.5 Å². The first-order valence-corrected chi connectivity index (χ1v) is 3.29. The summed E-state index contributed by atoms with van der Waals surface area (Å²) < 4.78 is 0. The minimum absolute atomic E-state index is 0. The van der Waals surface area contributed by atoms with E-state index in [0.29, 0.717) is 0 Å². The Morgan fingerprint density at radius 2 is 1.75 bits per heavy atom. The van der Waals surface area contributed by atoms with E-state index in [1.54, 1.807) is 0 Å². The molecule has 2 fully saturated rings. The molecular formula is C7H11Rh-. The normalized spacial score (nSPS) is 28.5. The molecule has 2 rings (SSSR count). The van der Waals surface area contributed by atoms with Crippen LogP contribution in [0.2, 0.25) is 0 Å². The van der Waals surface area contributed by atoms with Crippen LogP contribution in [0.1, 0.15) is 32.1 Å². The molecule has 2 saturated carbocycles. The van der Waals surface area contributed by atoms with Gasteiger partial charge >= 0.3 is 0 Å². The van der Waals surface area contributed by atoms with E-state index in [1.165, 1.54) is 32.1 Å². The maximum absolute atomic E-state index is 1.87. The summed E-state index contributed by atoms with van der Waals surface area (Å²) in [6.45, 7) is 0. The molecule has 0 aromatic carbocycles. The molecular weight excluding hydrogens is 187 g/mol. The third-order valence-corrected chi connectivity index (χ3v) is 2.39. The van der Waals surface area contributed by atoms with Crippen molar-refractivity contribution in [2.45, 2.75) is 32.1 Å². The van der Waals surface area contributed by atoms with Crippen molar-refractivity contribution in [3.8, 4) is 0 Å². The van der Waals surface area contributed by atoms with Gasteiger partial charge in [-0.2, -0.15) is 19.3 Å². The molecule has 1 heteroatoms. The van der Waals surface area contributed by atoms with Gasteiger partial charge in [0.1, 0.15) is 0 Å². The Bertz CT molecular complexity index is 62.5. The molecule has 0 atom stereocenters. The van der Waals surface area contributed by atoms with E-state index in [4.69, 9.17) is 0 Å². The van der Waals surface area contributed by atoms with Gasteiger partial charge in [0.25, 0.3) is 0 Å². The van der Waals surface area contributed by atoms with Crippen molar-refractivity contribution in [2.75, 3.05) is 0 Å². The topological polar surface area (TPSA) is 0 Å². The Morgan fingerprint density at radius 3 is 1.88 bits per heavy atom. The molecule has 0 unspecified atom stereocenters. The summed E-state index contributed by atoms with van der Waals surface area (Å²) >= 11 is 0. The van der Waals surface area contributed by atoms with Gasteiger partial charge in [0.05, 0.1) is 0 Å². The molecule has 0 N–H and O–H groups in total. The minimum Gasteiger partial charge on any atom is -0.313 e. The van der Waals surface area contributed by atoms with E-state index < -0.39 is 0 Å². The molecule has 8 heavy (non-hydrogen) atoms. The van der Waals surface area contributed by atoms with Crippen LogP contribution >= 0.6 is 0 Å². The summed E-state index contributed by atoms with van der Waals surface area (Å²) in [7, 11) is 0. The molecule has 0 amide bonds. The van der Waals surface area contributed by atoms with E-state index in [9.17, 15) is 0 Å². The van der Waals surface area contributed by atoms with Gasteiger partial charge in [0.2, 0.25) is 0 Å². The second-order valence-corrected chi connectivity index (χ2v) is 2.90. The summed E-state index contributed by atoms with van der Waals surface area (Å²) in [4.78, 5) is 0. The van der Waals surface area contributed by atoms with Crippen molar-refractivity contribution < 1.29 is 19.5 Å². The van der Waals surface area contributed by atoms with E-state index >= 15 is 0 Å². The van der Waals surface area contributed by atoms with Crippen LogP contribution in [0.4, 0.5) is 0 Å². The van der Waals surface area contributed by atoms with Gasteiger partial charge in [0.15, 0.2) is 0 Å². The average molecular weight is 198 g/mol. The summed E-state index contributed by atoms with van der Waals surface area (Å²) in [5.74, 6) is 3.00. The predicted octanol–water partition coefficient (Wildman–Crippen LogP) is 2.15. The Morgan fingerprint density at radius 1 is 1.12 bits per heavy atom. The molecule has 2 aliphatic carbocycles. The first kappa shape index (κ1) is 6.74. The standard InChI is InChI=1S/C7H11.Rh/c1-2-7-4-3-6(1)5-7;/h6H,1-5H2;/q-1;. The largest absolute Gasteiger partial charge is 0.313 e. The molecule has 1 radical (unpaired) electrons. The van der Waals surface area contributed by atoms with Crippen molar-refractivity contribution in [1.82, 2.24) is 0 Å². The van der Waals surface area contributed by atoms with E-state index in [1.807, 2.05) is 5.92 Å². The second kappa shape index (κ2) is 2.48. The average Bonchev–Trinajstić information content (AvgIpc) is 2.22. The van der Waals surface area contributed by atoms with Gasteiger partial charge < -0.3 is 5.92 Å². The first-order chi connectivity index (χ1) is 3.45. The van der Waals surface area contributed by atoms with E-state index in [0.717, 1.165) is 5.92 Å². The minimum atomic E-state index is 0. The summed E-state index contributed by atoms with van der Waals surface area (Å²) in [5, 5.41) is 0. The fourth-order valence-corrected chi connectivity index (χ4v) is 1.90. The molecule has 0 aromatic heterocycles. The van der Waals surface area contributed by atoms with Gasteiger partial charge in [-0.3, -0.25) is 0 Å². The third-order valence-electron chi connectivity index (χ3n) is 2.39. The number of fused-ring (bicyclic) bond motifs is 2. The first-order valence-electron chi connectivity index (χ1n) is 3.29. The monoisotopic (exact) mass is 198 g/mol. The molecule has 0 heterocycles. The zero-order valence-corrected chi connectivity index (χ0v) is 6.58. The van der Waals surface area contributed by atoms with Crippen LogP contribution in [0, 0.1) is 11.8 Å². The zero-order chi connectivity index (χ0) is 4.69. The Kier molecular flexibility index (Phi) is 2.09. The van der Waals surface area contributed by atoms with Crippen molar-refractivity contribution in [1.29, 1.82) is 0 Å². The molecule has 2 aliphatic rings. The van der Waals surface area contributed by atoms with Gasteiger partial charge in [-0.15, -0.1) is 0 Å². The van der Waals surface area contributed by atoms with Crippen LogP contribution < -0.4 is 0 Å². The quantitative estimate of drug-likeness (QED) is 0.413. The summed E-state index contributed by atoms with van der Waals surface area (Å²) in [5.41, 5.74) is 0. The van der Waals surface area contributed by atoms with Crippen LogP contribution in [0.3, 0.4) is 0 Å². The van der Waals surface area contributed by atoms with Crippen LogP contribution in [-0.4, -0.2) is 0 Å². The number of rotatable bonds is 0. The third kappa shape index (κ3) is 0.979. The molecule has 0 aliphatic heterocycles. The maximum Gasteiger partial charge on any atom is 0 e. The van der Waals surface area contributed by atoms with Gasteiger partial charge in [-0.1, -0.05) is 18.8 Å². The Labute approximate surface area is 63.8 Å². The van der Waals surface area contributed by atoms with Gasteiger partial charge in [0, 0.05) is 19.5 Å². The second-order valence-electron chi connectivity index (χ2n) is 2.90.